The maximum absolute atomic E-state index is 12.3. The maximum Gasteiger partial charge on any atom is 0.288 e. The molecular formula is C16H20N4O2. The van der Waals surface area contributed by atoms with E-state index in [1.807, 2.05) is 18.2 Å². The van der Waals surface area contributed by atoms with Gasteiger partial charge in [0.25, 0.3) is 5.91 Å². The summed E-state index contributed by atoms with van der Waals surface area (Å²) in [6.45, 7) is 1.78. The average Bonchev–Trinajstić information content (AvgIpc) is 2.89. The second kappa shape index (κ2) is 6.17. The molecule has 6 nitrogen and oxygen atoms in total. The van der Waals surface area contributed by atoms with Gasteiger partial charge in [-0.3, -0.25) is 24.8 Å². The smallest absolute Gasteiger partial charge is 0.288 e. The van der Waals surface area contributed by atoms with Crippen LogP contribution >= 0.6 is 0 Å². The topological polar surface area (TPSA) is 75.5 Å². The van der Waals surface area contributed by atoms with Crippen LogP contribution in [-0.2, 0) is 4.79 Å². The van der Waals surface area contributed by atoms with Crippen LogP contribution in [-0.4, -0.2) is 21.2 Å². The van der Waals surface area contributed by atoms with Gasteiger partial charge in [-0.25, -0.2) is 4.98 Å². The van der Waals surface area contributed by atoms with E-state index in [4.69, 9.17) is 0 Å². The molecule has 2 amide bonds. The fourth-order valence-corrected chi connectivity index (χ4v) is 3.03. The van der Waals surface area contributed by atoms with E-state index in [2.05, 4.69) is 15.8 Å². The predicted octanol–water partition coefficient (Wildman–Crippen LogP) is 1.98. The van der Waals surface area contributed by atoms with Crippen LogP contribution in [0.1, 0.15) is 48.3 Å². The van der Waals surface area contributed by atoms with Crippen molar-refractivity contribution in [1.29, 1.82) is 0 Å². The van der Waals surface area contributed by atoms with Crippen molar-refractivity contribution in [2.75, 3.05) is 0 Å². The number of imidazole rings is 1. The fraction of sp³-hybridized carbons (Fsp3) is 0.438. The first-order valence-electron chi connectivity index (χ1n) is 7.70. The zero-order valence-electron chi connectivity index (χ0n) is 12.6. The van der Waals surface area contributed by atoms with Gasteiger partial charge in [-0.15, -0.1) is 0 Å². The number of pyridine rings is 1. The van der Waals surface area contributed by atoms with Crippen LogP contribution in [0.2, 0.25) is 0 Å². The largest absolute Gasteiger partial charge is 0.295 e. The van der Waals surface area contributed by atoms with E-state index in [1.165, 1.54) is 6.42 Å². The Labute approximate surface area is 128 Å². The van der Waals surface area contributed by atoms with Gasteiger partial charge in [-0.1, -0.05) is 25.3 Å². The van der Waals surface area contributed by atoms with Crippen molar-refractivity contribution < 1.29 is 9.59 Å². The lowest BCUT2D eigenvalue weighted by molar-refractivity contribution is -0.126. The van der Waals surface area contributed by atoms with E-state index < -0.39 is 0 Å². The van der Waals surface area contributed by atoms with Crippen molar-refractivity contribution in [2.45, 2.75) is 39.0 Å². The van der Waals surface area contributed by atoms with E-state index in [0.29, 0.717) is 17.0 Å². The lowest BCUT2D eigenvalue weighted by Gasteiger charge is -2.20. The Hall–Kier alpha value is -2.37. The minimum atomic E-state index is -0.347. The van der Waals surface area contributed by atoms with Gasteiger partial charge in [0.1, 0.15) is 11.3 Å². The molecule has 22 heavy (non-hydrogen) atoms. The van der Waals surface area contributed by atoms with Gasteiger partial charge >= 0.3 is 0 Å². The summed E-state index contributed by atoms with van der Waals surface area (Å²) in [6.07, 6.45) is 6.94. The van der Waals surface area contributed by atoms with Crippen molar-refractivity contribution >= 4 is 17.5 Å². The van der Waals surface area contributed by atoms with E-state index in [0.717, 1.165) is 25.7 Å². The number of hydrogen-bond acceptors (Lipinski definition) is 3. The molecule has 1 saturated carbocycles. The number of aromatic nitrogens is 2. The summed E-state index contributed by atoms with van der Waals surface area (Å²) < 4.78 is 1.72. The van der Waals surface area contributed by atoms with Gasteiger partial charge in [0.2, 0.25) is 5.91 Å². The highest BCUT2D eigenvalue weighted by Crippen LogP contribution is 2.23. The number of nitrogens with one attached hydrogen (secondary N) is 2. The first-order chi connectivity index (χ1) is 10.7. The van der Waals surface area contributed by atoms with Gasteiger partial charge in [0.15, 0.2) is 0 Å². The molecule has 2 heterocycles. The third-order valence-corrected chi connectivity index (χ3v) is 4.19. The van der Waals surface area contributed by atoms with E-state index >= 15 is 0 Å². The molecule has 0 bridgehead atoms. The summed E-state index contributed by atoms with van der Waals surface area (Å²) in [5.74, 6) is -0.433. The molecule has 6 heteroatoms. The van der Waals surface area contributed by atoms with Crippen molar-refractivity contribution in [3.8, 4) is 0 Å². The molecule has 0 spiro atoms. The predicted molar refractivity (Wildman–Crippen MR) is 82.1 cm³/mol. The number of carbonyl (C=O) groups is 2. The highest BCUT2D eigenvalue weighted by Gasteiger charge is 2.22. The van der Waals surface area contributed by atoms with Crippen LogP contribution in [0.25, 0.3) is 5.65 Å². The fourth-order valence-electron chi connectivity index (χ4n) is 3.03. The normalized spacial score (nSPS) is 15.7. The Morgan fingerprint density at radius 3 is 2.73 bits per heavy atom. The second-order valence-corrected chi connectivity index (χ2v) is 5.75. The lowest BCUT2D eigenvalue weighted by Crippen LogP contribution is -2.45. The van der Waals surface area contributed by atoms with Gasteiger partial charge < -0.3 is 0 Å². The highest BCUT2D eigenvalue weighted by molar-refractivity contribution is 5.96. The standard InChI is InChI=1S/C16H20N4O2/c1-11-14(20-10-6-5-9-13(20)17-11)16(22)19-18-15(21)12-7-3-2-4-8-12/h5-6,9-10,12H,2-4,7-8H2,1H3,(H,18,21)(H,19,22). The van der Waals surface area contributed by atoms with Crippen molar-refractivity contribution in [1.82, 2.24) is 20.2 Å². The van der Waals surface area contributed by atoms with Crippen LogP contribution in [0.3, 0.4) is 0 Å². The van der Waals surface area contributed by atoms with E-state index in [9.17, 15) is 9.59 Å². The number of hydrazine groups is 1. The van der Waals surface area contributed by atoms with E-state index in [1.54, 1.807) is 17.5 Å². The van der Waals surface area contributed by atoms with Gasteiger partial charge in [-0.05, 0) is 31.9 Å². The molecular weight excluding hydrogens is 280 g/mol. The van der Waals surface area contributed by atoms with Gasteiger partial charge in [0.05, 0.1) is 5.69 Å². The summed E-state index contributed by atoms with van der Waals surface area (Å²) in [4.78, 5) is 28.8. The Balaban J connectivity index is 1.68. The van der Waals surface area contributed by atoms with Crippen molar-refractivity contribution in [3.63, 3.8) is 0 Å². The molecule has 0 atom stereocenters. The minimum absolute atomic E-state index is 0.0114. The number of nitrogens with zero attached hydrogens (tertiary/aromatic N) is 2. The van der Waals surface area contributed by atoms with Crippen molar-refractivity contribution in [3.05, 3.63) is 35.8 Å². The molecule has 1 aliphatic rings. The SMILES string of the molecule is Cc1nc2ccccn2c1C(=O)NNC(=O)C1CCCCC1. The molecule has 0 saturated heterocycles. The molecule has 116 valence electrons. The Bertz CT molecular complexity index is 701. The highest BCUT2D eigenvalue weighted by atomic mass is 16.2. The molecule has 0 radical (unpaired) electrons. The van der Waals surface area contributed by atoms with Crippen LogP contribution in [0, 0.1) is 12.8 Å². The molecule has 2 N–H and O–H groups in total. The summed E-state index contributed by atoms with van der Waals surface area (Å²) in [7, 11) is 0. The number of carbonyl (C=O) groups excluding carboxylic acids is 2. The zero-order chi connectivity index (χ0) is 15.5. The van der Waals surface area contributed by atoms with Crippen molar-refractivity contribution in [2.24, 2.45) is 5.92 Å². The number of fused-ring (bicyclic) bond motifs is 1. The average molecular weight is 300 g/mol. The summed E-state index contributed by atoms with van der Waals surface area (Å²) in [5, 5.41) is 0. The van der Waals surface area contributed by atoms with Crippen LogP contribution in [0.15, 0.2) is 24.4 Å². The quantitative estimate of drug-likeness (QED) is 0.833. The number of hydrogen-bond donors (Lipinski definition) is 2. The van der Waals surface area contributed by atoms with E-state index in [-0.39, 0.29) is 17.7 Å². The lowest BCUT2D eigenvalue weighted by atomic mass is 9.89. The molecule has 2 aromatic heterocycles. The Morgan fingerprint density at radius 1 is 1.18 bits per heavy atom. The molecule has 1 fully saturated rings. The van der Waals surface area contributed by atoms with Crippen LogP contribution < -0.4 is 10.9 Å². The Kier molecular flexibility index (Phi) is 4.09. The number of amides is 2. The summed E-state index contributed by atoms with van der Waals surface area (Å²) in [6, 6.07) is 5.55. The maximum atomic E-state index is 12.3. The first-order valence-corrected chi connectivity index (χ1v) is 7.70. The molecule has 3 rings (SSSR count). The third kappa shape index (κ3) is 2.81. The minimum Gasteiger partial charge on any atom is -0.295 e. The van der Waals surface area contributed by atoms with Gasteiger partial charge in [0, 0.05) is 12.1 Å². The van der Waals surface area contributed by atoms with Crippen LogP contribution in [0.4, 0.5) is 0 Å². The second-order valence-electron chi connectivity index (χ2n) is 5.75. The zero-order valence-corrected chi connectivity index (χ0v) is 12.6. The molecule has 0 aromatic carbocycles. The number of aryl methyl sites for hydroxylation is 1. The third-order valence-electron chi connectivity index (χ3n) is 4.19. The van der Waals surface area contributed by atoms with Crippen LogP contribution in [0.5, 0.6) is 0 Å². The molecule has 2 aromatic rings. The molecule has 1 aliphatic carbocycles. The summed E-state index contributed by atoms with van der Waals surface area (Å²) >= 11 is 0. The molecule has 0 unspecified atom stereocenters. The number of rotatable bonds is 2. The monoisotopic (exact) mass is 300 g/mol. The molecule has 0 aliphatic heterocycles. The Morgan fingerprint density at radius 2 is 1.95 bits per heavy atom. The first kappa shape index (κ1) is 14.6. The summed E-state index contributed by atoms with van der Waals surface area (Å²) in [5.41, 5.74) is 6.86. The van der Waals surface area contributed by atoms with Gasteiger partial charge in [-0.2, -0.15) is 0 Å².